The molecule has 4 rings (SSSR count). The van der Waals surface area contributed by atoms with Crippen LogP contribution in [0.5, 0.6) is 5.75 Å². The van der Waals surface area contributed by atoms with Gasteiger partial charge in [0.25, 0.3) is 0 Å². The highest BCUT2D eigenvalue weighted by molar-refractivity contribution is 7.17. The predicted molar refractivity (Wildman–Crippen MR) is 116 cm³/mol. The van der Waals surface area contributed by atoms with E-state index >= 15 is 0 Å². The Hall–Kier alpha value is -3.16. The molecule has 4 aromatic rings. The Balaban J connectivity index is 1.77. The first-order chi connectivity index (χ1) is 14.4. The monoisotopic (exact) mass is 440 g/mol. The minimum Gasteiger partial charge on any atom is -0.484 e. The third-order valence-corrected chi connectivity index (χ3v) is 6.44. The molecule has 1 aromatic carbocycles. The minimum atomic E-state index is -1.06. The Morgan fingerprint density at radius 3 is 2.83 bits per heavy atom. The largest absolute Gasteiger partial charge is 0.484 e. The maximum atomic E-state index is 11.9. The molecule has 0 aliphatic rings. The maximum Gasteiger partial charge on any atom is 0.349 e. The van der Waals surface area contributed by atoms with Gasteiger partial charge in [0.1, 0.15) is 23.8 Å². The number of halogens is 1. The van der Waals surface area contributed by atoms with Gasteiger partial charge in [-0.2, -0.15) is 0 Å². The zero-order valence-electron chi connectivity index (χ0n) is 16.1. The fourth-order valence-electron chi connectivity index (χ4n) is 3.31. The molecule has 0 aliphatic carbocycles. The van der Waals surface area contributed by atoms with Gasteiger partial charge in [-0.3, -0.25) is 9.20 Å². The zero-order valence-corrected chi connectivity index (χ0v) is 17.7. The first kappa shape index (κ1) is 20.1. The van der Waals surface area contributed by atoms with E-state index in [1.54, 1.807) is 31.3 Å². The number of carbonyl (C=O) groups excluding carboxylic acids is 1. The molecule has 0 saturated carbocycles. The van der Waals surface area contributed by atoms with E-state index < -0.39 is 12.1 Å². The lowest BCUT2D eigenvalue weighted by Gasteiger charge is -2.17. The molecule has 0 bridgehead atoms. The van der Waals surface area contributed by atoms with Gasteiger partial charge >= 0.3 is 5.97 Å². The fourth-order valence-corrected chi connectivity index (χ4v) is 4.74. The Morgan fingerprint density at radius 1 is 1.33 bits per heavy atom. The summed E-state index contributed by atoms with van der Waals surface area (Å²) < 4.78 is 8.01. The molecule has 0 radical (unpaired) electrons. The topological polar surface area (TPSA) is 80.9 Å². The molecule has 0 aliphatic heterocycles. The summed E-state index contributed by atoms with van der Waals surface area (Å²) in [4.78, 5) is 28.2. The van der Waals surface area contributed by atoms with Crippen LogP contribution in [0.3, 0.4) is 0 Å². The van der Waals surface area contributed by atoms with Crippen molar-refractivity contribution in [2.75, 3.05) is 0 Å². The number of carbonyl (C=O) groups is 2. The Kier molecular flexibility index (Phi) is 5.32. The Bertz CT molecular complexity index is 1280. The van der Waals surface area contributed by atoms with Crippen LogP contribution in [0.15, 0.2) is 48.8 Å². The molecule has 1 atom stereocenters. The van der Waals surface area contributed by atoms with Crippen LogP contribution < -0.4 is 4.74 Å². The summed E-state index contributed by atoms with van der Waals surface area (Å²) in [6.07, 6.45) is 3.81. The molecular weight excluding hydrogens is 424 g/mol. The molecule has 0 saturated heterocycles. The number of thiophene rings is 1. The van der Waals surface area contributed by atoms with Gasteiger partial charge in [0.05, 0.1) is 16.8 Å². The number of ether oxygens (including phenoxy) is 1. The van der Waals surface area contributed by atoms with E-state index in [0.717, 1.165) is 39.4 Å². The standard InChI is InChI=1S/C22H17ClN2O4S/c1-12-19(29-13(2)15-7-6-14(11-26)9-16(15)23)21(22(27)28)30-20(12)17-10-24-18-5-3-4-8-25(17)18/h3-11,13H,1-2H3,(H,27,28)/t13-/m1/s1. The van der Waals surface area contributed by atoms with Crippen molar-refractivity contribution in [3.8, 4) is 16.3 Å². The number of aromatic nitrogens is 2. The lowest BCUT2D eigenvalue weighted by molar-refractivity contribution is 0.0695. The number of carboxylic acid groups (broad SMARTS) is 1. The molecule has 3 aromatic heterocycles. The summed E-state index contributed by atoms with van der Waals surface area (Å²) in [5.41, 5.74) is 3.42. The van der Waals surface area contributed by atoms with Crippen molar-refractivity contribution in [1.82, 2.24) is 9.38 Å². The van der Waals surface area contributed by atoms with E-state index in [0.29, 0.717) is 21.9 Å². The van der Waals surface area contributed by atoms with Gasteiger partial charge in [-0.1, -0.05) is 29.8 Å². The van der Waals surface area contributed by atoms with Gasteiger partial charge in [0.2, 0.25) is 0 Å². The summed E-state index contributed by atoms with van der Waals surface area (Å²) >= 11 is 7.45. The van der Waals surface area contributed by atoms with Gasteiger partial charge in [-0.05, 0) is 32.0 Å². The average Bonchev–Trinajstić information content (AvgIpc) is 3.29. The van der Waals surface area contributed by atoms with Gasteiger partial charge in [0.15, 0.2) is 4.88 Å². The molecule has 6 nitrogen and oxygen atoms in total. The first-order valence-corrected chi connectivity index (χ1v) is 10.3. The summed E-state index contributed by atoms with van der Waals surface area (Å²) in [5.74, 6) is -0.760. The molecular formula is C22H17ClN2O4S. The molecule has 0 fully saturated rings. The van der Waals surface area contributed by atoms with Gasteiger partial charge in [-0.25, -0.2) is 9.78 Å². The van der Waals surface area contributed by atoms with Crippen molar-refractivity contribution < 1.29 is 19.4 Å². The van der Waals surface area contributed by atoms with Crippen LogP contribution in [0.1, 0.15) is 44.2 Å². The van der Waals surface area contributed by atoms with Crippen LogP contribution in [0.25, 0.3) is 16.2 Å². The number of nitrogens with zero attached hydrogens (tertiary/aromatic N) is 2. The number of fused-ring (bicyclic) bond motifs is 1. The number of aromatic carboxylic acids is 1. The van der Waals surface area contributed by atoms with E-state index in [2.05, 4.69) is 4.98 Å². The molecule has 30 heavy (non-hydrogen) atoms. The maximum absolute atomic E-state index is 11.9. The van der Waals surface area contributed by atoms with Gasteiger partial charge < -0.3 is 9.84 Å². The number of pyridine rings is 1. The summed E-state index contributed by atoms with van der Waals surface area (Å²) in [5, 5.41) is 10.2. The minimum absolute atomic E-state index is 0.112. The first-order valence-electron chi connectivity index (χ1n) is 9.11. The number of hydrogen-bond acceptors (Lipinski definition) is 5. The van der Waals surface area contributed by atoms with Gasteiger partial charge in [0, 0.05) is 27.9 Å². The quantitative estimate of drug-likeness (QED) is 0.390. The summed E-state index contributed by atoms with van der Waals surface area (Å²) in [7, 11) is 0. The highest BCUT2D eigenvalue weighted by Gasteiger charge is 2.26. The molecule has 3 heterocycles. The Morgan fingerprint density at radius 2 is 2.13 bits per heavy atom. The van der Waals surface area contributed by atoms with Crippen LogP contribution >= 0.6 is 22.9 Å². The van der Waals surface area contributed by atoms with E-state index in [4.69, 9.17) is 16.3 Å². The van der Waals surface area contributed by atoms with Crippen molar-refractivity contribution in [2.24, 2.45) is 0 Å². The third kappa shape index (κ3) is 3.46. The molecule has 8 heteroatoms. The lowest BCUT2D eigenvalue weighted by atomic mass is 10.1. The molecule has 0 unspecified atom stereocenters. The van der Waals surface area contributed by atoms with Crippen molar-refractivity contribution in [3.63, 3.8) is 0 Å². The van der Waals surface area contributed by atoms with Crippen LogP contribution in [-0.4, -0.2) is 26.7 Å². The van der Waals surface area contributed by atoms with Crippen LogP contribution in [-0.2, 0) is 0 Å². The lowest BCUT2D eigenvalue weighted by Crippen LogP contribution is -2.07. The van der Waals surface area contributed by atoms with E-state index in [9.17, 15) is 14.7 Å². The summed E-state index contributed by atoms with van der Waals surface area (Å²) in [6, 6.07) is 10.6. The second kappa shape index (κ2) is 7.93. The molecule has 1 N–H and O–H groups in total. The molecule has 152 valence electrons. The van der Waals surface area contributed by atoms with Crippen LogP contribution in [0, 0.1) is 6.92 Å². The van der Waals surface area contributed by atoms with Crippen molar-refractivity contribution >= 4 is 40.8 Å². The predicted octanol–water partition coefficient (Wildman–Crippen LogP) is 5.68. The second-order valence-electron chi connectivity index (χ2n) is 6.75. The van der Waals surface area contributed by atoms with E-state index in [1.807, 2.05) is 35.7 Å². The number of aldehydes is 1. The number of benzene rings is 1. The number of imidazole rings is 1. The second-order valence-corrected chi connectivity index (χ2v) is 8.18. The summed E-state index contributed by atoms with van der Waals surface area (Å²) in [6.45, 7) is 3.62. The number of rotatable bonds is 6. The fraction of sp³-hybridized carbons (Fsp3) is 0.136. The van der Waals surface area contributed by atoms with E-state index in [-0.39, 0.29) is 4.88 Å². The number of carboxylic acids is 1. The zero-order chi connectivity index (χ0) is 21.4. The smallest absolute Gasteiger partial charge is 0.349 e. The Labute approximate surface area is 181 Å². The van der Waals surface area contributed by atoms with Crippen LogP contribution in [0.4, 0.5) is 0 Å². The normalized spacial score (nSPS) is 12.1. The SMILES string of the molecule is Cc1c(-c2cnc3ccccn23)sc(C(=O)O)c1O[C@H](C)c1ccc(C=O)cc1Cl. The highest BCUT2D eigenvalue weighted by Crippen LogP contribution is 2.43. The number of hydrogen-bond donors (Lipinski definition) is 1. The van der Waals surface area contributed by atoms with Crippen molar-refractivity contribution in [2.45, 2.75) is 20.0 Å². The molecule has 0 spiro atoms. The van der Waals surface area contributed by atoms with Gasteiger partial charge in [-0.15, -0.1) is 11.3 Å². The van der Waals surface area contributed by atoms with Crippen molar-refractivity contribution in [3.05, 3.63) is 75.4 Å². The average molecular weight is 441 g/mol. The highest BCUT2D eigenvalue weighted by atomic mass is 35.5. The van der Waals surface area contributed by atoms with E-state index in [1.165, 1.54) is 0 Å². The molecule has 0 amide bonds. The van der Waals surface area contributed by atoms with Crippen LogP contribution in [0.2, 0.25) is 5.02 Å². The third-order valence-electron chi connectivity index (χ3n) is 4.83. The van der Waals surface area contributed by atoms with Crippen molar-refractivity contribution in [1.29, 1.82) is 0 Å².